The summed E-state index contributed by atoms with van der Waals surface area (Å²) in [5, 5.41) is 0. The fourth-order valence-electron chi connectivity index (χ4n) is 2.62. The van der Waals surface area contributed by atoms with Gasteiger partial charge in [-0.05, 0) is 33.1 Å². The molecular formula is C13H26N2O2. The van der Waals surface area contributed by atoms with E-state index in [0.29, 0.717) is 12.6 Å². The van der Waals surface area contributed by atoms with E-state index < -0.39 is 0 Å². The van der Waals surface area contributed by atoms with E-state index in [1.807, 2.05) is 6.92 Å². The molecule has 100 valence electrons. The van der Waals surface area contributed by atoms with Crippen molar-refractivity contribution < 1.29 is 9.53 Å². The highest BCUT2D eigenvalue weighted by molar-refractivity contribution is 5.75. The molecule has 17 heavy (non-hydrogen) atoms. The second-order valence-corrected chi connectivity index (χ2v) is 4.93. The van der Waals surface area contributed by atoms with Gasteiger partial charge in [-0.2, -0.15) is 0 Å². The van der Waals surface area contributed by atoms with E-state index in [2.05, 4.69) is 18.7 Å². The van der Waals surface area contributed by atoms with Gasteiger partial charge in [-0.15, -0.1) is 0 Å². The van der Waals surface area contributed by atoms with Crippen molar-refractivity contribution in [2.45, 2.75) is 64.6 Å². The number of hydrogen-bond donors (Lipinski definition) is 1. The van der Waals surface area contributed by atoms with Crippen LogP contribution < -0.4 is 5.73 Å². The third kappa shape index (κ3) is 3.96. The van der Waals surface area contributed by atoms with Gasteiger partial charge in [-0.1, -0.05) is 13.3 Å². The van der Waals surface area contributed by atoms with Crippen molar-refractivity contribution in [1.29, 1.82) is 0 Å². The summed E-state index contributed by atoms with van der Waals surface area (Å²) in [5.41, 5.74) is 5.95. The van der Waals surface area contributed by atoms with Crippen LogP contribution in [-0.4, -0.2) is 42.1 Å². The lowest BCUT2D eigenvalue weighted by atomic mass is 9.96. The second kappa shape index (κ2) is 6.97. The standard InChI is InChI=1S/C13H26N2O2/c1-4-6-12(13(16)17-5-2)15-8-7-11(14)9-10(15)3/h10-12H,4-9,14H2,1-3H3. The Morgan fingerprint density at radius 1 is 1.53 bits per heavy atom. The maximum Gasteiger partial charge on any atom is 0.323 e. The summed E-state index contributed by atoms with van der Waals surface area (Å²) in [6, 6.07) is 0.577. The zero-order chi connectivity index (χ0) is 12.8. The summed E-state index contributed by atoms with van der Waals surface area (Å²) in [6.45, 7) is 7.48. The van der Waals surface area contributed by atoms with Crippen LogP contribution in [0.2, 0.25) is 0 Å². The van der Waals surface area contributed by atoms with E-state index in [0.717, 1.165) is 32.2 Å². The van der Waals surface area contributed by atoms with Crippen LogP contribution in [0.1, 0.15) is 46.5 Å². The van der Waals surface area contributed by atoms with E-state index in [1.54, 1.807) is 0 Å². The van der Waals surface area contributed by atoms with Gasteiger partial charge in [-0.25, -0.2) is 0 Å². The number of piperidine rings is 1. The first-order valence-corrected chi connectivity index (χ1v) is 6.78. The summed E-state index contributed by atoms with van der Waals surface area (Å²) in [4.78, 5) is 14.2. The van der Waals surface area contributed by atoms with Gasteiger partial charge < -0.3 is 10.5 Å². The number of nitrogens with zero attached hydrogens (tertiary/aromatic N) is 1. The molecule has 0 radical (unpaired) electrons. The second-order valence-electron chi connectivity index (χ2n) is 4.93. The van der Waals surface area contributed by atoms with Gasteiger partial charge in [0.05, 0.1) is 6.61 Å². The number of carbonyl (C=O) groups excluding carboxylic acids is 1. The number of rotatable bonds is 5. The molecule has 1 fully saturated rings. The van der Waals surface area contributed by atoms with Crippen molar-refractivity contribution in [3.05, 3.63) is 0 Å². The monoisotopic (exact) mass is 242 g/mol. The minimum atomic E-state index is -0.0811. The van der Waals surface area contributed by atoms with Gasteiger partial charge in [0, 0.05) is 18.6 Å². The lowest BCUT2D eigenvalue weighted by Crippen LogP contribution is -2.53. The molecule has 1 aliphatic rings. The first-order chi connectivity index (χ1) is 8.10. The van der Waals surface area contributed by atoms with Crippen LogP contribution in [0.4, 0.5) is 0 Å². The van der Waals surface area contributed by atoms with E-state index in [-0.39, 0.29) is 18.1 Å². The van der Waals surface area contributed by atoms with Gasteiger partial charge in [0.25, 0.3) is 0 Å². The molecule has 1 aliphatic heterocycles. The molecule has 0 spiro atoms. The summed E-state index contributed by atoms with van der Waals surface area (Å²) >= 11 is 0. The lowest BCUT2D eigenvalue weighted by Gasteiger charge is -2.40. The van der Waals surface area contributed by atoms with Crippen molar-refractivity contribution in [1.82, 2.24) is 4.90 Å². The number of ether oxygens (including phenoxy) is 1. The van der Waals surface area contributed by atoms with Crippen LogP contribution in [0, 0.1) is 0 Å². The van der Waals surface area contributed by atoms with E-state index in [1.165, 1.54) is 0 Å². The molecule has 0 bridgehead atoms. The van der Waals surface area contributed by atoms with E-state index in [9.17, 15) is 4.79 Å². The highest BCUT2D eigenvalue weighted by Crippen LogP contribution is 2.21. The molecule has 0 aliphatic carbocycles. The predicted molar refractivity (Wildman–Crippen MR) is 68.7 cm³/mol. The Morgan fingerprint density at radius 3 is 2.76 bits per heavy atom. The Labute approximate surface area is 104 Å². The zero-order valence-electron chi connectivity index (χ0n) is 11.3. The minimum Gasteiger partial charge on any atom is -0.465 e. The molecule has 1 rings (SSSR count). The number of likely N-dealkylation sites (tertiary alicyclic amines) is 1. The Kier molecular flexibility index (Phi) is 5.92. The molecule has 0 saturated carbocycles. The molecule has 2 N–H and O–H groups in total. The van der Waals surface area contributed by atoms with Crippen LogP contribution in [0.15, 0.2) is 0 Å². The molecule has 0 aromatic heterocycles. The Morgan fingerprint density at radius 2 is 2.24 bits per heavy atom. The zero-order valence-corrected chi connectivity index (χ0v) is 11.3. The number of nitrogens with two attached hydrogens (primary N) is 1. The highest BCUT2D eigenvalue weighted by Gasteiger charge is 2.33. The van der Waals surface area contributed by atoms with Crippen molar-refractivity contribution >= 4 is 5.97 Å². The normalized spacial score (nSPS) is 27.8. The topological polar surface area (TPSA) is 55.6 Å². The van der Waals surface area contributed by atoms with Crippen molar-refractivity contribution in [2.24, 2.45) is 5.73 Å². The van der Waals surface area contributed by atoms with Gasteiger partial charge >= 0.3 is 5.97 Å². The van der Waals surface area contributed by atoms with Gasteiger partial charge in [0.1, 0.15) is 6.04 Å². The fraction of sp³-hybridized carbons (Fsp3) is 0.923. The molecule has 1 heterocycles. The molecule has 4 heteroatoms. The van der Waals surface area contributed by atoms with Crippen molar-refractivity contribution in [3.8, 4) is 0 Å². The number of carbonyl (C=O) groups is 1. The summed E-state index contributed by atoms with van der Waals surface area (Å²) in [6.07, 6.45) is 3.82. The van der Waals surface area contributed by atoms with Crippen molar-refractivity contribution in [2.75, 3.05) is 13.2 Å². The maximum absolute atomic E-state index is 12.0. The van der Waals surface area contributed by atoms with Gasteiger partial charge in [0.2, 0.25) is 0 Å². The van der Waals surface area contributed by atoms with Crippen molar-refractivity contribution in [3.63, 3.8) is 0 Å². The van der Waals surface area contributed by atoms with E-state index >= 15 is 0 Å². The van der Waals surface area contributed by atoms with Crippen LogP contribution in [-0.2, 0) is 9.53 Å². The third-order valence-electron chi connectivity index (χ3n) is 3.49. The minimum absolute atomic E-state index is 0.0725. The predicted octanol–water partition coefficient (Wildman–Crippen LogP) is 1.53. The summed E-state index contributed by atoms with van der Waals surface area (Å²) < 4.78 is 5.17. The van der Waals surface area contributed by atoms with Crippen LogP contribution in [0.3, 0.4) is 0 Å². The third-order valence-corrected chi connectivity index (χ3v) is 3.49. The van der Waals surface area contributed by atoms with Gasteiger partial charge in [0.15, 0.2) is 0 Å². The molecule has 3 unspecified atom stereocenters. The Hall–Kier alpha value is -0.610. The number of esters is 1. The molecule has 1 saturated heterocycles. The molecule has 4 nitrogen and oxygen atoms in total. The largest absolute Gasteiger partial charge is 0.465 e. The van der Waals surface area contributed by atoms with Gasteiger partial charge in [-0.3, -0.25) is 9.69 Å². The lowest BCUT2D eigenvalue weighted by molar-refractivity contribution is -0.151. The van der Waals surface area contributed by atoms with Crippen LogP contribution in [0.5, 0.6) is 0 Å². The molecule has 0 amide bonds. The molecule has 3 atom stereocenters. The Balaban J connectivity index is 2.65. The molecular weight excluding hydrogens is 216 g/mol. The van der Waals surface area contributed by atoms with E-state index in [4.69, 9.17) is 10.5 Å². The molecule has 0 aromatic carbocycles. The smallest absolute Gasteiger partial charge is 0.323 e. The average molecular weight is 242 g/mol. The first-order valence-electron chi connectivity index (χ1n) is 6.78. The van der Waals surface area contributed by atoms with Crippen LogP contribution in [0.25, 0.3) is 0 Å². The SMILES string of the molecule is CCCC(C(=O)OCC)N1CCC(N)CC1C. The fourth-order valence-corrected chi connectivity index (χ4v) is 2.62. The maximum atomic E-state index is 12.0. The molecule has 0 aromatic rings. The average Bonchev–Trinajstić information content (AvgIpc) is 2.27. The Bertz CT molecular complexity index is 246. The quantitative estimate of drug-likeness (QED) is 0.743. The summed E-state index contributed by atoms with van der Waals surface area (Å²) in [5.74, 6) is -0.0725. The number of hydrogen-bond acceptors (Lipinski definition) is 4. The first kappa shape index (κ1) is 14.5. The van der Waals surface area contributed by atoms with Crippen LogP contribution >= 0.6 is 0 Å². The highest BCUT2D eigenvalue weighted by atomic mass is 16.5. The summed E-state index contributed by atoms with van der Waals surface area (Å²) in [7, 11) is 0.